The molecule has 0 amide bonds. The molecule has 0 aromatic heterocycles. The number of hydrogen-bond acceptors (Lipinski definition) is 2. The van der Waals surface area contributed by atoms with E-state index in [0.29, 0.717) is 5.75 Å². The fourth-order valence-electron chi connectivity index (χ4n) is 3.18. The highest BCUT2D eigenvalue weighted by Crippen LogP contribution is 2.30. The fraction of sp³-hybridized carbons (Fsp3) is 0.647. The van der Waals surface area contributed by atoms with Crippen molar-refractivity contribution >= 4 is 0 Å². The topological polar surface area (TPSA) is 21.3 Å². The molecule has 2 unspecified atom stereocenters. The Morgan fingerprint density at radius 3 is 2.90 bits per heavy atom. The Hall–Kier alpha value is -1.09. The Labute approximate surface area is 121 Å². The Morgan fingerprint density at radius 1 is 1.35 bits per heavy atom. The van der Waals surface area contributed by atoms with Gasteiger partial charge in [0.1, 0.15) is 0 Å². The van der Waals surface area contributed by atoms with Crippen LogP contribution in [0.5, 0.6) is 5.75 Å². The molecule has 2 atom stereocenters. The van der Waals surface area contributed by atoms with Gasteiger partial charge in [0.25, 0.3) is 0 Å². The first-order valence-electron chi connectivity index (χ1n) is 7.72. The van der Waals surface area contributed by atoms with Crippen LogP contribution in [0.3, 0.4) is 0 Å². The number of ether oxygens (including phenoxy) is 1. The van der Waals surface area contributed by atoms with Crippen LogP contribution in [0.15, 0.2) is 18.2 Å². The predicted octanol–water partition coefficient (Wildman–Crippen LogP) is 4.14. The van der Waals surface area contributed by atoms with Crippen molar-refractivity contribution in [1.29, 1.82) is 0 Å². The van der Waals surface area contributed by atoms with Gasteiger partial charge in [-0.05, 0) is 48.9 Å². The van der Waals surface area contributed by atoms with Crippen LogP contribution in [0.1, 0.15) is 44.6 Å². The summed E-state index contributed by atoms with van der Waals surface area (Å²) in [7, 11) is 1.49. The first-order chi connectivity index (χ1) is 9.69. The van der Waals surface area contributed by atoms with Gasteiger partial charge >= 0.3 is 0 Å². The number of hydrogen-bond donors (Lipinski definition) is 1. The molecule has 112 valence electrons. The maximum absolute atomic E-state index is 13.5. The third-order valence-electron chi connectivity index (χ3n) is 4.32. The van der Waals surface area contributed by atoms with Gasteiger partial charge in [0.15, 0.2) is 11.6 Å². The second-order valence-corrected chi connectivity index (χ2v) is 6.07. The van der Waals surface area contributed by atoms with Gasteiger partial charge in [0.05, 0.1) is 7.11 Å². The summed E-state index contributed by atoms with van der Waals surface area (Å²) in [6, 6.07) is 5.15. The van der Waals surface area contributed by atoms with Crippen LogP contribution in [0.2, 0.25) is 0 Å². The molecule has 0 spiro atoms. The summed E-state index contributed by atoms with van der Waals surface area (Å²) in [6.07, 6.45) is 6.77. The molecule has 1 saturated carbocycles. The highest BCUT2D eigenvalue weighted by molar-refractivity contribution is 5.29. The molecule has 1 aromatic carbocycles. The van der Waals surface area contributed by atoms with Gasteiger partial charge in [-0.3, -0.25) is 0 Å². The number of rotatable bonds is 6. The highest BCUT2D eigenvalue weighted by Gasteiger charge is 2.18. The molecule has 1 aliphatic carbocycles. The van der Waals surface area contributed by atoms with E-state index in [9.17, 15) is 4.39 Å². The smallest absolute Gasteiger partial charge is 0.165 e. The minimum absolute atomic E-state index is 0.284. The van der Waals surface area contributed by atoms with Gasteiger partial charge in [0, 0.05) is 6.54 Å². The van der Waals surface area contributed by atoms with E-state index in [0.717, 1.165) is 30.5 Å². The quantitative estimate of drug-likeness (QED) is 0.790. The largest absolute Gasteiger partial charge is 0.494 e. The molecule has 2 nitrogen and oxygen atoms in total. The van der Waals surface area contributed by atoms with Gasteiger partial charge in [0.2, 0.25) is 0 Å². The average Bonchev–Trinajstić information content (AvgIpc) is 2.44. The normalized spacial score (nSPS) is 22.8. The number of benzene rings is 1. The lowest BCUT2D eigenvalue weighted by molar-refractivity contribution is 0.267. The third-order valence-corrected chi connectivity index (χ3v) is 4.32. The van der Waals surface area contributed by atoms with E-state index in [1.165, 1.54) is 39.2 Å². The minimum Gasteiger partial charge on any atom is -0.494 e. The second-order valence-electron chi connectivity index (χ2n) is 6.07. The molecular weight excluding hydrogens is 253 g/mol. The predicted molar refractivity (Wildman–Crippen MR) is 80.4 cm³/mol. The number of nitrogens with one attached hydrogen (secondary N) is 1. The summed E-state index contributed by atoms with van der Waals surface area (Å²) >= 11 is 0. The minimum atomic E-state index is -0.284. The maximum Gasteiger partial charge on any atom is 0.165 e. The van der Waals surface area contributed by atoms with Crippen LogP contribution in [0, 0.1) is 17.7 Å². The molecular formula is C17H26FNO. The van der Waals surface area contributed by atoms with E-state index >= 15 is 0 Å². The van der Waals surface area contributed by atoms with E-state index in [1.54, 1.807) is 12.1 Å². The molecule has 0 saturated heterocycles. The molecule has 0 heterocycles. The molecule has 0 radical (unpaired) electrons. The van der Waals surface area contributed by atoms with E-state index in [-0.39, 0.29) is 5.82 Å². The summed E-state index contributed by atoms with van der Waals surface area (Å²) < 4.78 is 18.5. The van der Waals surface area contributed by atoms with Crippen LogP contribution in [-0.2, 0) is 6.54 Å². The van der Waals surface area contributed by atoms with Crippen molar-refractivity contribution in [2.75, 3.05) is 13.7 Å². The standard InChI is InChI=1S/C17H26FNO/c1-13-4-3-5-14(10-13)8-9-19-12-15-6-7-17(20-2)16(18)11-15/h6-7,11,13-14,19H,3-5,8-10,12H2,1-2H3. The van der Waals surface area contributed by atoms with E-state index in [1.807, 2.05) is 6.07 Å². The van der Waals surface area contributed by atoms with Crippen molar-refractivity contribution in [2.45, 2.75) is 45.6 Å². The monoisotopic (exact) mass is 279 g/mol. The molecule has 3 heteroatoms. The zero-order valence-corrected chi connectivity index (χ0v) is 12.6. The van der Waals surface area contributed by atoms with E-state index in [2.05, 4.69) is 12.2 Å². The Kier molecular flexibility index (Phi) is 5.84. The molecule has 1 aromatic rings. The van der Waals surface area contributed by atoms with Crippen LogP contribution >= 0.6 is 0 Å². The van der Waals surface area contributed by atoms with Crippen LogP contribution < -0.4 is 10.1 Å². The van der Waals surface area contributed by atoms with E-state index < -0.39 is 0 Å². The van der Waals surface area contributed by atoms with E-state index in [4.69, 9.17) is 4.74 Å². The maximum atomic E-state index is 13.5. The zero-order valence-electron chi connectivity index (χ0n) is 12.6. The highest BCUT2D eigenvalue weighted by atomic mass is 19.1. The lowest BCUT2D eigenvalue weighted by Gasteiger charge is -2.26. The second kappa shape index (κ2) is 7.63. The van der Waals surface area contributed by atoms with Gasteiger partial charge in [-0.2, -0.15) is 0 Å². The third kappa shape index (κ3) is 4.48. The Balaban J connectivity index is 1.69. The fourth-order valence-corrected chi connectivity index (χ4v) is 3.18. The molecule has 1 N–H and O–H groups in total. The van der Waals surface area contributed by atoms with Gasteiger partial charge < -0.3 is 10.1 Å². The van der Waals surface area contributed by atoms with Crippen molar-refractivity contribution in [1.82, 2.24) is 5.32 Å². The van der Waals surface area contributed by atoms with Crippen LogP contribution in [0.25, 0.3) is 0 Å². The molecule has 0 aliphatic heterocycles. The summed E-state index contributed by atoms with van der Waals surface area (Å²) in [4.78, 5) is 0. The summed E-state index contributed by atoms with van der Waals surface area (Å²) in [5.41, 5.74) is 0.973. The van der Waals surface area contributed by atoms with Gasteiger partial charge in [-0.15, -0.1) is 0 Å². The molecule has 1 fully saturated rings. The Morgan fingerprint density at radius 2 is 2.20 bits per heavy atom. The van der Waals surface area contributed by atoms with Crippen LogP contribution in [0.4, 0.5) is 4.39 Å². The molecule has 0 bridgehead atoms. The van der Waals surface area contributed by atoms with Gasteiger partial charge in [-0.25, -0.2) is 4.39 Å². The van der Waals surface area contributed by atoms with Crippen molar-refractivity contribution in [2.24, 2.45) is 11.8 Å². The average molecular weight is 279 g/mol. The summed E-state index contributed by atoms with van der Waals surface area (Å²) in [6.45, 7) is 4.11. The molecule has 20 heavy (non-hydrogen) atoms. The molecule has 2 rings (SSSR count). The first-order valence-corrected chi connectivity index (χ1v) is 7.72. The lowest BCUT2D eigenvalue weighted by atomic mass is 9.81. The zero-order chi connectivity index (χ0) is 14.4. The number of halogens is 1. The Bertz CT molecular complexity index is 421. The van der Waals surface area contributed by atoms with Crippen molar-refractivity contribution in [3.8, 4) is 5.75 Å². The molecule has 1 aliphatic rings. The van der Waals surface area contributed by atoms with Crippen LogP contribution in [-0.4, -0.2) is 13.7 Å². The SMILES string of the molecule is COc1ccc(CNCCC2CCCC(C)C2)cc1F. The summed E-state index contributed by atoms with van der Waals surface area (Å²) in [5, 5.41) is 3.42. The lowest BCUT2D eigenvalue weighted by Crippen LogP contribution is -2.21. The van der Waals surface area contributed by atoms with Gasteiger partial charge in [-0.1, -0.05) is 32.3 Å². The van der Waals surface area contributed by atoms with Crippen molar-refractivity contribution < 1.29 is 9.13 Å². The van der Waals surface area contributed by atoms with Crippen molar-refractivity contribution in [3.63, 3.8) is 0 Å². The summed E-state index contributed by atoms with van der Waals surface area (Å²) in [5.74, 6) is 1.79. The first kappa shape index (κ1) is 15.3. The van der Waals surface area contributed by atoms with Crippen molar-refractivity contribution in [3.05, 3.63) is 29.6 Å². The number of methoxy groups -OCH3 is 1.